The number of nitrogens with zero attached hydrogens (tertiary/aromatic N) is 1. The Morgan fingerprint density at radius 1 is 1.09 bits per heavy atom. The fourth-order valence-electron chi connectivity index (χ4n) is 4.25. The Balaban J connectivity index is 1.39. The fourth-order valence-corrected chi connectivity index (χ4v) is 4.25. The molecule has 1 atom stereocenters. The third kappa shape index (κ3) is 4.36. The summed E-state index contributed by atoms with van der Waals surface area (Å²) in [5.74, 6) is 1.59. The van der Waals surface area contributed by atoms with Crippen LogP contribution >= 0.6 is 0 Å². The molecule has 0 bridgehead atoms. The minimum atomic E-state index is -0.655. The molecule has 0 spiro atoms. The molecule has 0 aliphatic carbocycles. The number of benzene rings is 2. The maximum Gasteiger partial charge on any atom is 0.244 e. The molecule has 0 saturated heterocycles. The van der Waals surface area contributed by atoms with Crippen molar-refractivity contribution in [3.63, 3.8) is 0 Å². The summed E-state index contributed by atoms with van der Waals surface area (Å²) < 4.78 is 8.20. The summed E-state index contributed by atoms with van der Waals surface area (Å²) in [5.41, 5.74) is 7.19. The topological polar surface area (TPSA) is 67.3 Å². The highest BCUT2D eigenvalue weighted by molar-refractivity contribution is 5.86. The summed E-state index contributed by atoms with van der Waals surface area (Å²) in [6.07, 6.45) is 3.02. The van der Waals surface area contributed by atoms with Gasteiger partial charge in [-0.3, -0.25) is 10.2 Å². The number of carbonyl (C=O) groups is 1. The summed E-state index contributed by atoms with van der Waals surface area (Å²) in [6, 6.07) is 22.4. The van der Waals surface area contributed by atoms with Crippen LogP contribution in [0.5, 0.6) is 5.75 Å². The van der Waals surface area contributed by atoms with Crippen LogP contribution in [-0.4, -0.2) is 17.2 Å². The molecule has 1 aliphatic rings. The molecule has 32 heavy (non-hydrogen) atoms. The summed E-state index contributed by atoms with van der Waals surface area (Å²) in [4.78, 5) is 12.7. The molecule has 6 nitrogen and oxygen atoms in total. The van der Waals surface area contributed by atoms with Gasteiger partial charge in [-0.05, 0) is 45.2 Å². The Bertz CT molecular complexity index is 1060. The summed E-state index contributed by atoms with van der Waals surface area (Å²) >= 11 is 0. The minimum Gasteiger partial charge on any atom is -0.473 e. The van der Waals surface area contributed by atoms with Crippen molar-refractivity contribution in [3.8, 4) is 5.75 Å². The van der Waals surface area contributed by atoms with E-state index >= 15 is 0 Å². The van der Waals surface area contributed by atoms with Crippen molar-refractivity contribution in [2.75, 3.05) is 12.0 Å². The SMILES string of the molecule is CC(C)(C(=O)NNCOc1ccn2c1NC(c1ccccc1)CC2(C)C)c1ccccc1. The molecule has 2 aromatic carbocycles. The van der Waals surface area contributed by atoms with Crippen LogP contribution in [0.25, 0.3) is 0 Å². The smallest absolute Gasteiger partial charge is 0.244 e. The Hall–Kier alpha value is -3.25. The van der Waals surface area contributed by atoms with E-state index in [-0.39, 0.29) is 24.2 Å². The minimum absolute atomic E-state index is 0.0515. The molecular weight excluding hydrogens is 400 g/mol. The number of hydrogen-bond acceptors (Lipinski definition) is 4. The Morgan fingerprint density at radius 3 is 2.44 bits per heavy atom. The third-order valence-corrected chi connectivity index (χ3v) is 6.28. The van der Waals surface area contributed by atoms with E-state index in [0.29, 0.717) is 0 Å². The van der Waals surface area contributed by atoms with Gasteiger partial charge >= 0.3 is 0 Å². The van der Waals surface area contributed by atoms with Gasteiger partial charge in [0.25, 0.3) is 0 Å². The highest BCUT2D eigenvalue weighted by atomic mass is 16.5. The molecule has 1 aromatic heterocycles. The predicted octanol–water partition coefficient (Wildman–Crippen LogP) is 4.72. The number of ether oxygens (including phenoxy) is 1. The molecular formula is C26H32N4O2. The molecule has 3 aromatic rings. The van der Waals surface area contributed by atoms with Crippen molar-refractivity contribution < 1.29 is 9.53 Å². The van der Waals surface area contributed by atoms with Crippen LogP contribution in [-0.2, 0) is 15.7 Å². The van der Waals surface area contributed by atoms with Crippen LogP contribution in [0.4, 0.5) is 5.82 Å². The lowest BCUT2D eigenvalue weighted by molar-refractivity contribution is -0.127. The summed E-state index contributed by atoms with van der Waals surface area (Å²) in [7, 11) is 0. The van der Waals surface area contributed by atoms with Crippen molar-refractivity contribution in [3.05, 3.63) is 84.1 Å². The average molecular weight is 433 g/mol. The second-order valence-electron chi connectivity index (χ2n) is 9.43. The number of rotatable bonds is 7. The third-order valence-electron chi connectivity index (χ3n) is 6.28. The molecule has 4 rings (SSSR count). The molecule has 0 fully saturated rings. The zero-order chi connectivity index (χ0) is 22.8. The van der Waals surface area contributed by atoms with E-state index < -0.39 is 5.41 Å². The fraction of sp³-hybridized carbons (Fsp3) is 0.346. The van der Waals surface area contributed by atoms with E-state index in [0.717, 1.165) is 23.6 Å². The molecule has 1 aliphatic heterocycles. The Morgan fingerprint density at radius 2 is 1.75 bits per heavy atom. The standard InChI is InChI=1S/C26H32N4O2/c1-25(2)17-21(19-11-7-5-8-12-19)28-23-22(15-16-30(23)25)32-18-27-29-24(31)26(3,4)20-13-9-6-10-14-20/h5-16,21,27-28H,17-18H2,1-4H3,(H,29,31). The zero-order valence-electron chi connectivity index (χ0n) is 19.2. The van der Waals surface area contributed by atoms with Crippen molar-refractivity contribution in [1.29, 1.82) is 0 Å². The highest BCUT2D eigenvalue weighted by Crippen LogP contribution is 2.43. The second kappa shape index (κ2) is 8.71. The predicted molar refractivity (Wildman–Crippen MR) is 127 cm³/mol. The number of anilines is 1. The van der Waals surface area contributed by atoms with E-state index in [4.69, 9.17) is 4.74 Å². The number of carbonyl (C=O) groups excluding carboxylic acids is 1. The van der Waals surface area contributed by atoms with Gasteiger partial charge in [0, 0.05) is 17.8 Å². The number of fused-ring (bicyclic) bond motifs is 1. The Kier molecular flexibility index (Phi) is 5.98. The van der Waals surface area contributed by atoms with Gasteiger partial charge in [-0.25, -0.2) is 0 Å². The number of hydrogen-bond donors (Lipinski definition) is 3. The monoisotopic (exact) mass is 432 g/mol. The van der Waals surface area contributed by atoms with E-state index in [1.54, 1.807) is 0 Å². The largest absolute Gasteiger partial charge is 0.473 e. The zero-order valence-corrected chi connectivity index (χ0v) is 19.2. The maximum atomic E-state index is 12.7. The normalized spacial score (nSPS) is 17.2. The van der Waals surface area contributed by atoms with E-state index in [1.165, 1.54) is 5.56 Å². The molecule has 2 heterocycles. The first-order valence-electron chi connectivity index (χ1n) is 11.0. The van der Waals surface area contributed by atoms with Gasteiger partial charge in [-0.2, -0.15) is 5.43 Å². The van der Waals surface area contributed by atoms with Crippen molar-refractivity contribution in [2.45, 2.75) is 51.1 Å². The van der Waals surface area contributed by atoms with Crippen LogP contribution in [0.15, 0.2) is 72.9 Å². The molecule has 3 N–H and O–H groups in total. The molecule has 0 saturated carbocycles. The molecule has 1 unspecified atom stereocenters. The van der Waals surface area contributed by atoms with Gasteiger partial charge in [-0.1, -0.05) is 60.7 Å². The lowest BCUT2D eigenvalue weighted by Gasteiger charge is -2.39. The van der Waals surface area contributed by atoms with Crippen molar-refractivity contribution in [1.82, 2.24) is 15.4 Å². The maximum absolute atomic E-state index is 12.7. The molecule has 1 amide bonds. The van der Waals surface area contributed by atoms with Crippen LogP contribution < -0.4 is 20.9 Å². The lowest BCUT2D eigenvalue weighted by Crippen LogP contribution is -2.48. The van der Waals surface area contributed by atoms with E-state index in [2.05, 4.69) is 65.0 Å². The Labute approximate surface area is 190 Å². The van der Waals surface area contributed by atoms with Crippen LogP contribution in [0.1, 0.15) is 51.3 Å². The van der Waals surface area contributed by atoms with Crippen LogP contribution in [0, 0.1) is 0 Å². The van der Waals surface area contributed by atoms with Crippen molar-refractivity contribution >= 4 is 11.7 Å². The molecule has 6 heteroatoms. The van der Waals surface area contributed by atoms with Gasteiger partial charge in [-0.15, -0.1) is 0 Å². The summed E-state index contributed by atoms with van der Waals surface area (Å²) in [6.45, 7) is 8.44. The van der Waals surface area contributed by atoms with Gasteiger partial charge in [0.15, 0.2) is 12.5 Å². The van der Waals surface area contributed by atoms with E-state index in [9.17, 15) is 4.79 Å². The molecule has 0 radical (unpaired) electrons. The van der Waals surface area contributed by atoms with Gasteiger partial charge < -0.3 is 14.6 Å². The first kappa shape index (κ1) is 22.0. The average Bonchev–Trinajstić information content (AvgIpc) is 3.21. The second-order valence-corrected chi connectivity index (χ2v) is 9.43. The molecule has 168 valence electrons. The lowest BCUT2D eigenvalue weighted by atomic mass is 9.84. The van der Waals surface area contributed by atoms with Gasteiger partial charge in [0.1, 0.15) is 5.82 Å². The number of hydrazine groups is 1. The first-order chi connectivity index (χ1) is 15.3. The van der Waals surface area contributed by atoms with Gasteiger partial charge in [0.05, 0.1) is 11.5 Å². The number of amides is 1. The van der Waals surface area contributed by atoms with Crippen LogP contribution in [0.3, 0.4) is 0 Å². The number of aromatic nitrogens is 1. The summed E-state index contributed by atoms with van der Waals surface area (Å²) in [5, 5.41) is 3.64. The quantitative estimate of drug-likeness (QED) is 0.287. The highest BCUT2D eigenvalue weighted by Gasteiger charge is 2.34. The van der Waals surface area contributed by atoms with Crippen LogP contribution in [0.2, 0.25) is 0 Å². The first-order valence-corrected chi connectivity index (χ1v) is 11.0. The van der Waals surface area contributed by atoms with Gasteiger partial charge in [0.2, 0.25) is 5.91 Å². The van der Waals surface area contributed by atoms with E-state index in [1.807, 2.05) is 56.3 Å². The number of nitrogens with one attached hydrogen (secondary N) is 3. The van der Waals surface area contributed by atoms with Crippen molar-refractivity contribution in [2.24, 2.45) is 0 Å².